The van der Waals surface area contributed by atoms with Crippen molar-refractivity contribution >= 4 is 29.4 Å². The first-order valence-corrected chi connectivity index (χ1v) is 15.2. The van der Waals surface area contributed by atoms with Gasteiger partial charge >= 0.3 is 12.1 Å². The normalized spacial score (nSPS) is 40.0. The van der Waals surface area contributed by atoms with Gasteiger partial charge in [0.15, 0.2) is 5.60 Å². The van der Waals surface area contributed by atoms with E-state index in [-0.39, 0.29) is 23.8 Å². The average Bonchev–Trinajstić information content (AvgIpc) is 3.21. The van der Waals surface area contributed by atoms with Crippen LogP contribution in [0.5, 0.6) is 0 Å². The van der Waals surface area contributed by atoms with Gasteiger partial charge in [-0.05, 0) is 39.5 Å². The van der Waals surface area contributed by atoms with E-state index in [1.54, 1.807) is 32.6 Å². The van der Waals surface area contributed by atoms with Crippen LogP contribution in [0.4, 0.5) is 4.79 Å². The standard InChI is InChI=1S/C31H50N2O8/c1-10-24-31(9)27(33(29(38)41-31)12-11-32-13-15-39-16-14-32)20(4)25(35)18(2)17-30(8,23(7)34)22(6)19(3)26(36)21(5)28(37)40-24/h18-22,24,27H,10-17H2,1-9H3/t18-,19-,20+,21-,22-,24-,27-,30-,31-/m1/s1. The van der Waals surface area contributed by atoms with E-state index in [9.17, 15) is 24.0 Å². The molecule has 3 heterocycles. The highest BCUT2D eigenvalue weighted by Crippen LogP contribution is 2.44. The van der Waals surface area contributed by atoms with Gasteiger partial charge in [-0.15, -0.1) is 0 Å². The minimum absolute atomic E-state index is 0.0961. The van der Waals surface area contributed by atoms with Crippen LogP contribution in [0.1, 0.15) is 75.2 Å². The summed E-state index contributed by atoms with van der Waals surface area (Å²) in [6.45, 7) is 19.2. The van der Waals surface area contributed by atoms with Crippen molar-refractivity contribution < 1.29 is 38.2 Å². The lowest BCUT2D eigenvalue weighted by Crippen LogP contribution is -2.58. The fourth-order valence-corrected chi connectivity index (χ4v) is 7.20. The number of hydrogen-bond donors (Lipinski definition) is 0. The molecule has 3 aliphatic rings. The number of ether oxygens (including phenoxy) is 3. The molecule has 0 unspecified atom stereocenters. The molecule has 0 aromatic rings. The van der Waals surface area contributed by atoms with Gasteiger partial charge in [-0.2, -0.15) is 0 Å². The maximum atomic E-state index is 14.1. The van der Waals surface area contributed by atoms with Crippen molar-refractivity contribution in [3.63, 3.8) is 0 Å². The molecule has 0 spiro atoms. The zero-order chi connectivity index (χ0) is 30.9. The highest BCUT2D eigenvalue weighted by Gasteiger charge is 2.60. The van der Waals surface area contributed by atoms with Gasteiger partial charge in [0.1, 0.15) is 29.4 Å². The Labute approximate surface area is 244 Å². The summed E-state index contributed by atoms with van der Waals surface area (Å²) in [5.74, 6) is -4.49. The lowest BCUT2D eigenvalue weighted by molar-refractivity contribution is -0.171. The van der Waals surface area contributed by atoms with Gasteiger partial charge in [0.05, 0.1) is 19.3 Å². The van der Waals surface area contributed by atoms with Crippen LogP contribution < -0.4 is 0 Å². The molecule has 0 bridgehead atoms. The molecule has 232 valence electrons. The number of amides is 1. The van der Waals surface area contributed by atoms with Gasteiger partial charge in [0.2, 0.25) is 0 Å². The second-order valence-corrected chi connectivity index (χ2v) is 12.9. The van der Waals surface area contributed by atoms with E-state index in [1.807, 2.05) is 20.8 Å². The summed E-state index contributed by atoms with van der Waals surface area (Å²) in [5.41, 5.74) is -2.29. The summed E-state index contributed by atoms with van der Waals surface area (Å²) in [6, 6.07) is -0.711. The number of cyclic esters (lactones) is 1. The number of carbonyl (C=O) groups is 5. The van der Waals surface area contributed by atoms with E-state index in [2.05, 4.69) is 4.90 Å². The van der Waals surface area contributed by atoms with E-state index >= 15 is 0 Å². The molecule has 3 rings (SSSR count). The Morgan fingerprint density at radius 3 is 2.10 bits per heavy atom. The number of nitrogens with zero attached hydrogens (tertiary/aromatic N) is 2. The van der Waals surface area contributed by atoms with Crippen molar-refractivity contribution in [3.05, 3.63) is 0 Å². The van der Waals surface area contributed by atoms with Crippen molar-refractivity contribution in [2.75, 3.05) is 39.4 Å². The summed E-state index contributed by atoms with van der Waals surface area (Å²) >= 11 is 0. The molecular formula is C31H50N2O8. The van der Waals surface area contributed by atoms with Crippen LogP contribution in [0.15, 0.2) is 0 Å². The molecule has 10 nitrogen and oxygen atoms in total. The number of morpholine rings is 1. The molecule has 10 heteroatoms. The van der Waals surface area contributed by atoms with Crippen molar-refractivity contribution in [1.29, 1.82) is 0 Å². The third-order valence-electron chi connectivity index (χ3n) is 10.4. The smallest absolute Gasteiger partial charge is 0.410 e. The van der Waals surface area contributed by atoms with Gasteiger partial charge in [0, 0.05) is 49.3 Å². The van der Waals surface area contributed by atoms with E-state index in [0.29, 0.717) is 32.7 Å². The highest BCUT2D eigenvalue weighted by molar-refractivity contribution is 6.00. The highest BCUT2D eigenvalue weighted by atomic mass is 16.6. The third kappa shape index (κ3) is 6.38. The van der Waals surface area contributed by atoms with Crippen LogP contribution in [-0.4, -0.2) is 96.4 Å². The van der Waals surface area contributed by atoms with Gasteiger partial charge in [-0.3, -0.25) is 29.0 Å². The maximum Gasteiger partial charge on any atom is 0.410 e. The minimum Gasteiger partial charge on any atom is -0.458 e. The van der Waals surface area contributed by atoms with Crippen LogP contribution in [0, 0.1) is 35.0 Å². The van der Waals surface area contributed by atoms with Gasteiger partial charge < -0.3 is 14.2 Å². The Bertz CT molecular complexity index is 1030. The Balaban J connectivity index is 2.08. The Morgan fingerprint density at radius 2 is 1.54 bits per heavy atom. The number of esters is 1. The molecule has 0 saturated carbocycles. The van der Waals surface area contributed by atoms with Gasteiger partial charge in [-0.25, -0.2) is 4.79 Å². The molecule has 0 N–H and O–H groups in total. The van der Waals surface area contributed by atoms with Gasteiger partial charge in [-0.1, -0.05) is 41.5 Å². The molecule has 3 saturated heterocycles. The number of ketones is 3. The summed E-state index contributed by atoms with van der Waals surface area (Å²) < 4.78 is 17.4. The van der Waals surface area contributed by atoms with Crippen molar-refractivity contribution in [1.82, 2.24) is 9.80 Å². The fraction of sp³-hybridized carbons (Fsp3) is 0.839. The fourth-order valence-electron chi connectivity index (χ4n) is 7.20. The number of fused-ring (bicyclic) bond motifs is 1. The number of rotatable bonds is 5. The molecule has 0 aliphatic carbocycles. The second kappa shape index (κ2) is 12.9. The maximum absolute atomic E-state index is 14.1. The van der Waals surface area contributed by atoms with E-state index in [4.69, 9.17) is 14.2 Å². The number of hydrogen-bond acceptors (Lipinski definition) is 9. The number of carbonyl (C=O) groups excluding carboxylic acids is 5. The Kier molecular flexibility index (Phi) is 10.4. The second-order valence-electron chi connectivity index (χ2n) is 12.9. The molecule has 3 aliphatic heterocycles. The first-order chi connectivity index (χ1) is 19.1. The van der Waals surface area contributed by atoms with Crippen LogP contribution in [0.25, 0.3) is 0 Å². The van der Waals surface area contributed by atoms with E-state index in [1.165, 1.54) is 13.8 Å². The number of Topliss-reactive ketones (excluding diaryl/α,β-unsaturated/α-hetero) is 3. The first-order valence-electron chi connectivity index (χ1n) is 15.2. The summed E-state index contributed by atoms with van der Waals surface area (Å²) in [4.78, 5) is 71.3. The largest absolute Gasteiger partial charge is 0.458 e. The minimum atomic E-state index is -1.32. The summed E-state index contributed by atoms with van der Waals surface area (Å²) in [6.07, 6.45) is -0.838. The quantitative estimate of drug-likeness (QED) is 0.356. The van der Waals surface area contributed by atoms with E-state index < -0.39 is 64.8 Å². The molecule has 0 aromatic heterocycles. The van der Waals surface area contributed by atoms with Crippen molar-refractivity contribution in [2.24, 2.45) is 35.0 Å². The summed E-state index contributed by atoms with van der Waals surface area (Å²) in [7, 11) is 0. The molecule has 41 heavy (non-hydrogen) atoms. The van der Waals surface area contributed by atoms with E-state index in [0.717, 1.165) is 13.1 Å². The SMILES string of the molecule is CC[C@H]1OC(=O)[C@H](C)C(=O)[C@H](C)[C@@H](C)[C@](C)(C(C)=O)C[C@@H](C)C(=O)[C@H](C)[C@H]2N(CCN3CCOCC3)C(=O)O[C@]12C. The predicted molar refractivity (Wildman–Crippen MR) is 152 cm³/mol. The van der Waals surface area contributed by atoms with Gasteiger partial charge in [0.25, 0.3) is 0 Å². The van der Waals surface area contributed by atoms with Crippen LogP contribution in [-0.2, 0) is 33.4 Å². The molecule has 0 aromatic carbocycles. The zero-order valence-electron chi connectivity index (χ0n) is 26.4. The van der Waals surface area contributed by atoms with Crippen molar-refractivity contribution in [2.45, 2.75) is 92.9 Å². The molecule has 0 radical (unpaired) electrons. The van der Waals surface area contributed by atoms with Crippen LogP contribution >= 0.6 is 0 Å². The van der Waals surface area contributed by atoms with Crippen LogP contribution in [0.2, 0.25) is 0 Å². The summed E-state index contributed by atoms with van der Waals surface area (Å²) in [5, 5.41) is 0. The molecule has 3 fully saturated rings. The average molecular weight is 579 g/mol. The molecular weight excluding hydrogens is 528 g/mol. The monoisotopic (exact) mass is 578 g/mol. The molecule has 9 atom stereocenters. The zero-order valence-corrected chi connectivity index (χ0v) is 26.4. The Morgan fingerprint density at radius 1 is 0.927 bits per heavy atom. The lowest BCUT2D eigenvalue weighted by Gasteiger charge is -2.43. The first kappa shape index (κ1) is 33.2. The van der Waals surface area contributed by atoms with Crippen molar-refractivity contribution in [3.8, 4) is 0 Å². The topological polar surface area (TPSA) is 120 Å². The van der Waals surface area contributed by atoms with Crippen LogP contribution in [0.3, 0.4) is 0 Å². The molecule has 1 amide bonds. The lowest BCUT2D eigenvalue weighted by atomic mass is 9.63. The Hall–Kier alpha value is -2.33. The predicted octanol–water partition coefficient (Wildman–Crippen LogP) is 3.54. The third-order valence-corrected chi connectivity index (χ3v) is 10.4.